The molecule has 6 heteroatoms. The van der Waals surface area contributed by atoms with Crippen LogP contribution < -0.4 is 15.8 Å². The Balaban J connectivity index is 2.47. The molecule has 6 nitrogen and oxygen atoms in total. The van der Waals surface area contributed by atoms with E-state index in [9.17, 15) is 4.79 Å². The lowest BCUT2D eigenvalue weighted by Gasteiger charge is -2.13. The Labute approximate surface area is 106 Å². The summed E-state index contributed by atoms with van der Waals surface area (Å²) in [5.41, 5.74) is 6.28. The van der Waals surface area contributed by atoms with Crippen LogP contribution in [-0.2, 0) is 16.1 Å². The van der Waals surface area contributed by atoms with Crippen LogP contribution in [-0.4, -0.2) is 37.8 Å². The summed E-state index contributed by atoms with van der Waals surface area (Å²) in [6.45, 7) is 0.691. The van der Waals surface area contributed by atoms with Gasteiger partial charge in [0, 0.05) is 32.0 Å². The molecule has 0 aliphatic rings. The second-order valence-electron chi connectivity index (χ2n) is 3.75. The molecule has 1 aromatic heterocycles. The molecule has 100 valence electrons. The third-order valence-electron chi connectivity index (χ3n) is 2.53. The van der Waals surface area contributed by atoms with Crippen LogP contribution in [0.15, 0.2) is 18.3 Å². The number of rotatable bonds is 7. The van der Waals surface area contributed by atoms with Gasteiger partial charge in [0.25, 0.3) is 0 Å². The van der Waals surface area contributed by atoms with Gasteiger partial charge < -0.3 is 20.5 Å². The largest absolute Gasteiger partial charge is 0.481 e. The van der Waals surface area contributed by atoms with Gasteiger partial charge in [0.05, 0.1) is 19.6 Å². The molecule has 0 aliphatic heterocycles. The fraction of sp³-hybridized carbons (Fsp3) is 0.500. The molecule has 0 aromatic carbocycles. The minimum absolute atomic E-state index is 0.113. The number of methoxy groups -OCH3 is 2. The first-order valence-electron chi connectivity index (χ1n) is 5.68. The normalized spacial score (nSPS) is 11.9. The lowest BCUT2D eigenvalue weighted by atomic mass is 10.2. The maximum Gasteiger partial charge on any atom is 0.222 e. The highest BCUT2D eigenvalue weighted by atomic mass is 16.5. The van der Waals surface area contributed by atoms with Crippen LogP contribution >= 0.6 is 0 Å². The average molecular weight is 253 g/mol. The van der Waals surface area contributed by atoms with Gasteiger partial charge in [-0.3, -0.25) is 4.79 Å². The summed E-state index contributed by atoms with van der Waals surface area (Å²) in [6, 6.07) is 3.64. The van der Waals surface area contributed by atoms with E-state index < -0.39 is 0 Å². The Morgan fingerprint density at radius 2 is 2.33 bits per heavy atom. The van der Waals surface area contributed by atoms with E-state index in [2.05, 4.69) is 10.3 Å². The molecule has 0 bridgehead atoms. The molecule has 3 N–H and O–H groups in total. The second kappa shape index (κ2) is 7.62. The van der Waals surface area contributed by atoms with E-state index in [1.54, 1.807) is 19.4 Å². The van der Waals surface area contributed by atoms with E-state index in [1.807, 2.05) is 6.07 Å². The number of pyridine rings is 1. The van der Waals surface area contributed by atoms with Crippen molar-refractivity contribution in [3.63, 3.8) is 0 Å². The van der Waals surface area contributed by atoms with E-state index in [0.717, 1.165) is 5.56 Å². The van der Waals surface area contributed by atoms with Gasteiger partial charge in [-0.15, -0.1) is 0 Å². The quantitative estimate of drug-likeness (QED) is 0.718. The fourth-order valence-electron chi connectivity index (χ4n) is 1.48. The van der Waals surface area contributed by atoms with Crippen LogP contribution in [0.3, 0.4) is 0 Å². The van der Waals surface area contributed by atoms with E-state index >= 15 is 0 Å². The third-order valence-corrected chi connectivity index (χ3v) is 2.53. The van der Waals surface area contributed by atoms with Crippen molar-refractivity contribution in [1.29, 1.82) is 0 Å². The predicted molar refractivity (Wildman–Crippen MR) is 67.1 cm³/mol. The maximum atomic E-state index is 11.6. The Morgan fingerprint density at radius 1 is 1.56 bits per heavy atom. The first-order chi connectivity index (χ1) is 8.71. The second-order valence-corrected chi connectivity index (χ2v) is 3.75. The number of hydrogen-bond donors (Lipinski definition) is 2. The van der Waals surface area contributed by atoms with Gasteiger partial charge >= 0.3 is 0 Å². The lowest BCUT2D eigenvalue weighted by molar-refractivity contribution is -0.123. The topological polar surface area (TPSA) is 86.5 Å². The number of hydrogen-bond acceptors (Lipinski definition) is 5. The van der Waals surface area contributed by atoms with Crippen molar-refractivity contribution in [3.05, 3.63) is 23.9 Å². The smallest absolute Gasteiger partial charge is 0.222 e. The monoisotopic (exact) mass is 253 g/mol. The van der Waals surface area contributed by atoms with Crippen LogP contribution in [0.25, 0.3) is 0 Å². The summed E-state index contributed by atoms with van der Waals surface area (Å²) in [5, 5.41) is 2.78. The zero-order valence-electron chi connectivity index (χ0n) is 10.7. The molecule has 1 rings (SSSR count). The van der Waals surface area contributed by atoms with Crippen molar-refractivity contribution in [2.75, 3.05) is 20.8 Å². The van der Waals surface area contributed by atoms with Crippen molar-refractivity contribution in [1.82, 2.24) is 10.3 Å². The van der Waals surface area contributed by atoms with Crippen LogP contribution in [0.1, 0.15) is 12.0 Å². The van der Waals surface area contributed by atoms with Gasteiger partial charge in [-0.25, -0.2) is 4.98 Å². The highest BCUT2D eigenvalue weighted by Gasteiger charge is 2.12. The van der Waals surface area contributed by atoms with Crippen molar-refractivity contribution in [2.24, 2.45) is 5.73 Å². The Hall–Kier alpha value is -1.66. The molecule has 1 aromatic rings. The maximum absolute atomic E-state index is 11.6. The number of nitrogens with one attached hydrogen (secondary N) is 1. The molecule has 1 heterocycles. The molecular formula is C12H19N3O3. The van der Waals surface area contributed by atoms with Crippen molar-refractivity contribution in [2.45, 2.75) is 19.1 Å². The third kappa shape index (κ3) is 4.31. The number of carbonyl (C=O) groups is 1. The number of nitrogens with two attached hydrogens (primary N) is 1. The fourth-order valence-corrected chi connectivity index (χ4v) is 1.48. The Bertz CT molecular complexity index is 381. The molecule has 0 spiro atoms. The minimum Gasteiger partial charge on any atom is -0.481 e. The SMILES string of the molecule is COc1ncccc1CNC(=O)CC(CN)OC. The van der Waals surface area contributed by atoms with Crippen molar-refractivity contribution < 1.29 is 14.3 Å². The zero-order chi connectivity index (χ0) is 13.4. The number of nitrogens with zero attached hydrogens (tertiary/aromatic N) is 1. The van der Waals surface area contributed by atoms with Gasteiger partial charge in [-0.1, -0.05) is 6.07 Å². The molecule has 1 unspecified atom stereocenters. The highest BCUT2D eigenvalue weighted by Crippen LogP contribution is 2.12. The summed E-state index contributed by atoms with van der Waals surface area (Å²) in [7, 11) is 3.08. The van der Waals surface area contributed by atoms with E-state index in [-0.39, 0.29) is 18.4 Å². The van der Waals surface area contributed by atoms with Gasteiger partial charge in [-0.2, -0.15) is 0 Å². The number of aromatic nitrogens is 1. The molecule has 1 atom stereocenters. The molecular weight excluding hydrogens is 234 g/mol. The van der Waals surface area contributed by atoms with Crippen LogP contribution in [0.2, 0.25) is 0 Å². The summed E-state index contributed by atoms with van der Waals surface area (Å²) < 4.78 is 10.1. The standard InChI is InChI=1S/C12H19N3O3/c1-17-10(7-13)6-11(16)15-8-9-4-3-5-14-12(9)18-2/h3-5,10H,6-8,13H2,1-2H3,(H,15,16). The van der Waals surface area contributed by atoms with E-state index in [0.29, 0.717) is 19.0 Å². The van der Waals surface area contributed by atoms with Crippen LogP contribution in [0.5, 0.6) is 5.88 Å². The number of ether oxygens (including phenoxy) is 2. The predicted octanol–water partition coefficient (Wildman–Crippen LogP) is 0.0702. The zero-order valence-corrected chi connectivity index (χ0v) is 10.7. The minimum atomic E-state index is -0.249. The Kier molecular flexibility index (Phi) is 6.10. The van der Waals surface area contributed by atoms with Crippen LogP contribution in [0, 0.1) is 0 Å². The first kappa shape index (κ1) is 14.4. The molecule has 0 fully saturated rings. The summed E-state index contributed by atoms with van der Waals surface area (Å²) >= 11 is 0. The van der Waals surface area contributed by atoms with Gasteiger partial charge in [0.1, 0.15) is 0 Å². The van der Waals surface area contributed by atoms with Crippen LogP contribution in [0.4, 0.5) is 0 Å². The van der Waals surface area contributed by atoms with E-state index in [1.165, 1.54) is 7.11 Å². The molecule has 0 saturated carbocycles. The van der Waals surface area contributed by atoms with Gasteiger partial charge in [-0.05, 0) is 6.07 Å². The Morgan fingerprint density at radius 3 is 2.94 bits per heavy atom. The molecule has 18 heavy (non-hydrogen) atoms. The first-order valence-corrected chi connectivity index (χ1v) is 5.68. The number of carbonyl (C=O) groups excluding carboxylic acids is 1. The highest BCUT2D eigenvalue weighted by molar-refractivity contribution is 5.76. The number of amides is 1. The molecule has 1 amide bonds. The summed E-state index contributed by atoms with van der Waals surface area (Å²) in [6.07, 6.45) is 1.63. The molecule has 0 aliphatic carbocycles. The van der Waals surface area contributed by atoms with E-state index in [4.69, 9.17) is 15.2 Å². The molecule has 0 radical (unpaired) electrons. The van der Waals surface area contributed by atoms with Crippen molar-refractivity contribution >= 4 is 5.91 Å². The van der Waals surface area contributed by atoms with Gasteiger partial charge in [0.15, 0.2) is 0 Å². The molecule has 0 saturated heterocycles. The average Bonchev–Trinajstić information content (AvgIpc) is 2.42. The summed E-state index contributed by atoms with van der Waals surface area (Å²) in [4.78, 5) is 15.7. The lowest BCUT2D eigenvalue weighted by Crippen LogP contribution is -2.32. The van der Waals surface area contributed by atoms with Crippen molar-refractivity contribution in [3.8, 4) is 5.88 Å². The summed E-state index contributed by atoms with van der Waals surface area (Å²) in [5.74, 6) is 0.401. The van der Waals surface area contributed by atoms with Gasteiger partial charge in [0.2, 0.25) is 11.8 Å².